The first-order valence-corrected chi connectivity index (χ1v) is 6.97. The summed E-state index contributed by atoms with van der Waals surface area (Å²) in [6.45, 7) is 0.304. The van der Waals surface area contributed by atoms with E-state index in [1.54, 1.807) is 12.1 Å². The number of halogens is 1. The summed E-state index contributed by atoms with van der Waals surface area (Å²) in [4.78, 5) is 26.7. The minimum atomic E-state index is -1.10. The Bertz CT molecular complexity index is 645. The van der Waals surface area contributed by atoms with Crippen molar-refractivity contribution in [3.05, 3.63) is 39.6 Å². The third kappa shape index (κ3) is 4.41. The molecular weight excluding hydrogens is 391 g/mol. The van der Waals surface area contributed by atoms with Crippen molar-refractivity contribution in [2.45, 2.75) is 6.42 Å². The number of hydrogen-bond donors (Lipinski definition) is 3. The van der Waals surface area contributed by atoms with Crippen molar-refractivity contribution in [1.82, 2.24) is 15.5 Å². The van der Waals surface area contributed by atoms with E-state index in [-0.39, 0.29) is 11.3 Å². The van der Waals surface area contributed by atoms with Gasteiger partial charge in [-0.05, 0) is 40.8 Å². The third-order valence-electron chi connectivity index (χ3n) is 2.50. The van der Waals surface area contributed by atoms with Gasteiger partial charge in [0.1, 0.15) is 0 Å². The summed E-state index contributed by atoms with van der Waals surface area (Å²) in [7, 11) is 0. The van der Waals surface area contributed by atoms with Crippen molar-refractivity contribution in [3.63, 3.8) is 0 Å². The highest BCUT2D eigenvalue weighted by Crippen LogP contribution is 2.18. The van der Waals surface area contributed by atoms with E-state index in [4.69, 9.17) is 5.11 Å². The number of nitrogens with zero attached hydrogens (tertiary/aromatic N) is 2. The fourth-order valence-corrected chi connectivity index (χ4v) is 2.05. The zero-order valence-corrected chi connectivity index (χ0v) is 12.8. The molecule has 2 rings (SSSR count). The maximum Gasteiger partial charge on any atom is 0.337 e. The molecule has 0 spiro atoms. The molecule has 1 aromatic carbocycles. The third-order valence-corrected chi connectivity index (χ3v) is 3.17. The molecule has 0 saturated heterocycles. The van der Waals surface area contributed by atoms with Gasteiger partial charge in [-0.3, -0.25) is 0 Å². The molecule has 21 heavy (non-hydrogen) atoms. The average Bonchev–Trinajstić information content (AvgIpc) is 2.94. The number of hydrogen-bond acceptors (Lipinski definition) is 5. The monoisotopic (exact) mass is 402 g/mol. The second-order valence-electron chi connectivity index (χ2n) is 3.97. The molecule has 2 aromatic rings. The largest absolute Gasteiger partial charge is 0.478 e. The molecular formula is C12H11IN4O4. The highest BCUT2D eigenvalue weighted by Gasteiger charge is 2.12. The van der Waals surface area contributed by atoms with E-state index in [9.17, 15) is 9.59 Å². The lowest BCUT2D eigenvalue weighted by Gasteiger charge is -2.09. The number of amides is 2. The standard InChI is InChI=1S/C12H11IN4O4/c13-7-1-2-9(8(5-7)11(18)19)16-12(20)14-4-3-10-15-6-21-17-10/h1-2,5-6H,3-4H2,(H,18,19)(H2,14,16,20). The molecule has 0 unspecified atom stereocenters. The Morgan fingerprint density at radius 1 is 1.38 bits per heavy atom. The normalized spacial score (nSPS) is 10.1. The Hall–Kier alpha value is -2.17. The molecule has 0 aliphatic rings. The van der Waals surface area contributed by atoms with Crippen LogP contribution in [-0.4, -0.2) is 33.8 Å². The first kappa shape index (κ1) is 15.2. The van der Waals surface area contributed by atoms with Gasteiger partial charge in [-0.2, -0.15) is 4.98 Å². The zero-order valence-electron chi connectivity index (χ0n) is 10.7. The van der Waals surface area contributed by atoms with Gasteiger partial charge in [0, 0.05) is 16.5 Å². The van der Waals surface area contributed by atoms with Crippen LogP contribution in [0.1, 0.15) is 16.2 Å². The molecule has 0 saturated carbocycles. The average molecular weight is 402 g/mol. The number of carbonyl (C=O) groups is 2. The number of carboxylic acid groups (broad SMARTS) is 1. The number of aromatic nitrogens is 2. The summed E-state index contributed by atoms with van der Waals surface area (Å²) in [6, 6.07) is 4.24. The summed E-state index contributed by atoms with van der Waals surface area (Å²) in [5.74, 6) is -0.619. The van der Waals surface area contributed by atoms with Crippen LogP contribution < -0.4 is 10.6 Å². The van der Waals surface area contributed by atoms with Crippen LogP contribution >= 0.6 is 22.6 Å². The topological polar surface area (TPSA) is 117 Å². The van der Waals surface area contributed by atoms with Gasteiger partial charge in [-0.1, -0.05) is 5.16 Å². The lowest BCUT2D eigenvalue weighted by Crippen LogP contribution is -2.31. The number of anilines is 1. The molecule has 110 valence electrons. The van der Waals surface area contributed by atoms with Gasteiger partial charge in [0.2, 0.25) is 6.39 Å². The minimum Gasteiger partial charge on any atom is -0.478 e. The fourth-order valence-electron chi connectivity index (χ4n) is 1.56. The number of urea groups is 1. The minimum absolute atomic E-state index is 0.0372. The number of benzene rings is 1. The summed E-state index contributed by atoms with van der Waals surface area (Å²) in [6.07, 6.45) is 1.63. The fraction of sp³-hybridized carbons (Fsp3) is 0.167. The molecule has 0 aliphatic heterocycles. The highest BCUT2D eigenvalue weighted by atomic mass is 127. The first-order chi connectivity index (χ1) is 10.1. The number of nitrogens with one attached hydrogen (secondary N) is 2. The molecule has 2 amide bonds. The van der Waals surface area contributed by atoms with E-state index < -0.39 is 12.0 Å². The molecule has 3 N–H and O–H groups in total. The summed E-state index contributed by atoms with van der Waals surface area (Å²) in [5, 5.41) is 17.8. The van der Waals surface area contributed by atoms with Crippen molar-refractivity contribution in [2.24, 2.45) is 0 Å². The van der Waals surface area contributed by atoms with E-state index >= 15 is 0 Å². The highest BCUT2D eigenvalue weighted by molar-refractivity contribution is 14.1. The Kier molecular flexibility index (Phi) is 5.09. The van der Waals surface area contributed by atoms with Crippen LogP contribution in [0.15, 0.2) is 29.1 Å². The van der Waals surface area contributed by atoms with E-state index in [0.717, 1.165) is 3.57 Å². The molecule has 0 bridgehead atoms. The van der Waals surface area contributed by atoms with Crippen molar-refractivity contribution >= 4 is 40.3 Å². The van der Waals surface area contributed by atoms with E-state index in [1.165, 1.54) is 12.5 Å². The summed E-state index contributed by atoms with van der Waals surface area (Å²) < 4.78 is 5.34. The van der Waals surface area contributed by atoms with E-state index in [2.05, 4.69) is 25.3 Å². The molecule has 8 nitrogen and oxygen atoms in total. The Labute approximate surface area is 133 Å². The van der Waals surface area contributed by atoms with Gasteiger partial charge in [0.05, 0.1) is 11.3 Å². The Morgan fingerprint density at radius 3 is 2.86 bits per heavy atom. The van der Waals surface area contributed by atoms with Crippen molar-refractivity contribution in [1.29, 1.82) is 0 Å². The first-order valence-electron chi connectivity index (χ1n) is 5.89. The quantitative estimate of drug-likeness (QED) is 0.656. The second kappa shape index (κ2) is 7.02. The second-order valence-corrected chi connectivity index (χ2v) is 5.22. The van der Waals surface area contributed by atoms with Crippen LogP contribution in [0, 0.1) is 3.57 Å². The van der Waals surface area contributed by atoms with Crippen LogP contribution in [0.4, 0.5) is 10.5 Å². The summed E-state index contributed by atoms with van der Waals surface area (Å²) >= 11 is 2.00. The lowest BCUT2D eigenvalue weighted by molar-refractivity contribution is 0.0698. The van der Waals surface area contributed by atoms with Crippen LogP contribution in [0.5, 0.6) is 0 Å². The molecule has 1 heterocycles. The van der Waals surface area contributed by atoms with E-state index in [1.807, 2.05) is 22.6 Å². The number of carbonyl (C=O) groups excluding carboxylic acids is 1. The smallest absolute Gasteiger partial charge is 0.337 e. The molecule has 0 aliphatic carbocycles. The molecule has 0 radical (unpaired) electrons. The Morgan fingerprint density at radius 2 is 2.19 bits per heavy atom. The van der Waals surface area contributed by atoms with Crippen molar-refractivity contribution in [3.8, 4) is 0 Å². The van der Waals surface area contributed by atoms with Gasteiger partial charge in [-0.25, -0.2) is 9.59 Å². The van der Waals surface area contributed by atoms with Crippen molar-refractivity contribution < 1.29 is 19.2 Å². The van der Waals surface area contributed by atoms with Gasteiger partial charge < -0.3 is 20.3 Å². The lowest BCUT2D eigenvalue weighted by atomic mass is 10.2. The number of carboxylic acids is 1. The molecule has 0 fully saturated rings. The molecule has 0 atom stereocenters. The van der Waals surface area contributed by atoms with Gasteiger partial charge in [0.15, 0.2) is 5.82 Å². The molecule has 9 heteroatoms. The van der Waals surface area contributed by atoms with Crippen LogP contribution in [-0.2, 0) is 6.42 Å². The van der Waals surface area contributed by atoms with Crippen LogP contribution in [0.3, 0.4) is 0 Å². The van der Waals surface area contributed by atoms with Crippen LogP contribution in [0.2, 0.25) is 0 Å². The Balaban J connectivity index is 1.92. The summed E-state index contributed by atoms with van der Waals surface area (Å²) in [5.41, 5.74) is 0.273. The van der Waals surface area contributed by atoms with Gasteiger partial charge in [0.25, 0.3) is 0 Å². The van der Waals surface area contributed by atoms with Gasteiger partial charge >= 0.3 is 12.0 Å². The maximum absolute atomic E-state index is 11.7. The number of aromatic carboxylic acids is 1. The number of rotatable bonds is 5. The van der Waals surface area contributed by atoms with Crippen molar-refractivity contribution in [2.75, 3.05) is 11.9 Å². The zero-order chi connectivity index (χ0) is 15.2. The molecule has 1 aromatic heterocycles. The van der Waals surface area contributed by atoms with Crippen LogP contribution in [0.25, 0.3) is 0 Å². The SMILES string of the molecule is O=C(NCCc1ncon1)Nc1ccc(I)cc1C(=O)O. The van der Waals surface area contributed by atoms with E-state index in [0.29, 0.717) is 18.8 Å². The van der Waals surface area contributed by atoms with Gasteiger partial charge in [-0.15, -0.1) is 0 Å². The predicted octanol–water partition coefficient (Wildman–Crippen LogP) is 1.74. The predicted molar refractivity (Wildman–Crippen MR) is 81.1 cm³/mol. The maximum atomic E-state index is 11.7.